The van der Waals surface area contributed by atoms with Crippen molar-refractivity contribution < 1.29 is 19.4 Å². The minimum atomic E-state index is -1.00. The second kappa shape index (κ2) is 15.3. The van der Waals surface area contributed by atoms with Gasteiger partial charge >= 0.3 is 5.97 Å². The molecule has 0 spiro atoms. The summed E-state index contributed by atoms with van der Waals surface area (Å²) in [5, 5.41) is 13.1. The van der Waals surface area contributed by atoms with E-state index in [9.17, 15) is 14.7 Å². The lowest BCUT2D eigenvalue weighted by Crippen LogP contribution is -2.41. The Morgan fingerprint density at radius 1 is 1.10 bits per heavy atom. The molecule has 3 atom stereocenters. The van der Waals surface area contributed by atoms with E-state index in [-0.39, 0.29) is 5.91 Å². The van der Waals surface area contributed by atoms with Crippen molar-refractivity contribution in [2.24, 2.45) is 0 Å². The Bertz CT molecular complexity index is 1140. The van der Waals surface area contributed by atoms with E-state index in [2.05, 4.69) is 22.5 Å². The van der Waals surface area contributed by atoms with Gasteiger partial charge < -0.3 is 15.2 Å². The van der Waals surface area contributed by atoms with Crippen LogP contribution in [0.5, 0.6) is 0 Å². The number of benzene rings is 2. The van der Waals surface area contributed by atoms with Crippen LogP contribution in [0.25, 0.3) is 11.1 Å². The van der Waals surface area contributed by atoms with E-state index in [1.54, 1.807) is 11.8 Å². The molecule has 1 aliphatic carbocycles. The zero-order chi connectivity index (χ0) is 28.5. The van der Waals surface area contributed by atoms with Gasteiger partial charge in [0.05, 0.1) is 12.7 Å². The van der Waals surface area contributed by atoms with Gasteiger partial charge in [-0.1, -0.05) is 49.6 Å². The Balaban J connectivity index is 1.56. The number of carbonyl (C=O) groups is 2. The molecular formula is C32H44N2O4S2. The zero-order valence-electron chi connectivity index (χ0n) is 24.1. The summed E-state index contributed by atoms with van der Waals surface area (Å²) < 4.78 is 6.42. The lowest BCUT2D eigenvalue weighted by molar-refractivity contribution is -0.139. The van der Waals surface area contributed by atoms with Crippen LogP contribution < -0.4 is 5.32 Å². The van der Waals surface area contributed by atoms with E-state index in [1.165, 1.54) is 32.1 Å². The van der Waals surface area contributed by atoms with Gasteiger partial charge in [0, 0.05) is 29.9 Å². The van der Waals surface area contributed by atoms with Gasteiger partial charge in [-0.25, -0.2) is 4.79 Å². The highest BCUT2D eigenvalue weighted by molar-refractivity contribution is 7.99. The van der Waals surface area contributed by atoms with Crippen molar-refractivity contribution in [1.82, 2.24) is 10.2 Å². The quantitative estimate of drug-likeness (QED) is 0.288. The molecule has 4 rings (SSSR count). The first-order chi connectivity index (χ1) is 19.4. The highest BCUT2D eigenvalue weighted by atomic mass is 32.2. The fraction of sp³-hybridized carbons (Fsp3) is 0.562. The molecule has 1 amide bonds. The molecule has 2 fully saturated rings. The standard InChI is InChI=1S/C32H44N2O4S2/c1-22-9-7-8-12-27(22)29-17-23(13-14-28(29)31(35)33-30(32(36)37)15-16-39-2)19-34-20-26(40-3)18-24(34)21-38-25-10-5-4-6-11-25/h7-9,12-14,17,24-26,30H,4-6,10-11,15-16,18-21H2,1-3H3,(H,33,35)(H,36,37)/t24-,26-,30+/m1/s1. The third kappa shape index (κ3) is 8.28. The molecule has 2 aromatic rings. The lowest BCUT2D eigenvalue weighted by Gasteiger charge is -2.28. The first-order valence-electron chi connectivity index (χ1n) is 14.5. The van der Waals surface area contributed by atoms with Crippen LogP contribution in [0.1, 0.15) is 66.4 Å². The number of hydrogen-bond donors (Lipinski definition) is 2. The maximum Gasteiger partial charge on any atom is 0.326 e. The number of aryl methyl sites for hydroxylation is 1. The van der Waals surface area contributed by atoms with Crippen LogP contribution in [0.15, 0.2) is 42.5 Å². The second-order valence-corrected chi connectivity index (χ2v) is 13.2. The first-order valence-corrected chi connectivity index (χ1v) is 17.2. The predicted octanol–water partition coefficient (Wildman–Crippen LogP) is 6.25. The summed E-state index contributed by atoms with van der Waals surface area (Å²) in [5.41, 5.74) is 4.57. The number of ether oxygens (including phenoxy) is 1. The minimum absolute atomic E-state index is 0.347. The summed E-state index contributed by atoms with van der Waals surface area (Å²) in [7, 11) is 0. The number of likely N-dealkylation sites (tertiary alicyclic amines) is 1. The van der Waals surface area contributed by atoms with Crippen molar-refractivity contribution in [3.05, 3.63) is 59.2 Å². The smallest absolute Gasteiger partial charge is 0.326 e. The average molecular weight is 585 g/mol. The Kier molecular flexibility index (Phi) is 11.8. The van der Waals surface area contributed by atoms with Crippen molar-refractivity contribution in [2.75, 3.05) is 31.4 Å². The summed E-state index contributed by atoms with van der Waals surface area (Å²) in [6.07, 6.45) is 12.3. The molecule has 40 heavy (non-hydrogen) atoms. The first kappa shape index (κ1) is 30.9. The van der Waals surface area contributed by atoms with Crippen LogP contribution in [-0.2, 0) is 16.1 Å². The summed E-state index contributed by atoms with van der Waals surface area (Å²) in [4.78, 5) is 27.8. The fourth-order valence-corrected chi connectivity index (χ4v) is 7.13. The number of rotatable bonds is 13. The van der Waals surface area contributed by atoms with Crippen LogP contribution in [0, 0.1) is 6.92 Å². The Morgan fingerprint density at radius 2 is 1.88 bits per heavy atom. The monoisotopic (exact) mass is 584 g/mol. The van der Waals surface area contributed by atoms with E-state index in [0.29, 0.717) is 35.1 Å². The number of carboxylic acids is 1. The van der Waals surface area contributed by atoms with Gasteiger partial charge in [0.2, 0.25) is 0 Å². The molecule has 0 unspecified atom stereocenters. The van der Waals surface area contributed by atoms with Crippen molar-refractivity contribution in [1.29, 1.82) is 0 Å². The predicted molar refractivity (Wildman–Crippen MR) is 167 cm³/mol. The van der Waals surface area contributed by atoms with E-state index < -0.39 is 12.0 Å². The SMILES string of the molecule is CSCC[C@H](NC(=O)c1ccc(CN2C[C@H](SC)C[C@@H]2COC2CCCCC2)cc1-c1ccccc1C)C(=O)O. The molecule has 2 aliphatic rings. The highest BCUT2D eigenvalue weighted by Gasteiger charge is 2.33. The van der Waals surface area contributed by atoms with E-state index >= 15 is 0 Å². The Labute approximate surface area is 248 Å². The topological polar surface area (TPSA) is 78.9 Å². The molecule has 8 heteroatoms. The van der Waals surface area contributed by atoms with Gasteiger partial charge in [0.25, 0.3) is 5.91 Å². The molecule has 0 aromatic heterocycles. The van der Waals surface area contributed by atoms with Crippen molar-refractivity contribution >= 4 is 35.4 Å². The normalized spacial score (nSPS) is 20.9. The number of nitrogens with zero attached hydrogens (tertiary/aromatic N) is 1. The molecule has 1 heterocycles. The molecule has 1 saturated heterocycles. The van der Waals surface area contributed by atoms with Gasteiger partial charge in [0.15, 0.2) is 0 Å². The number of amides is 1. The number of carboxylic acid groups (broad SMARTS) is 1. The molecule has 0 bridgehead atoms. The van der Waals surface area contributed by atoms with Crippen LogP contribution >= 0.6 is 23.5 Å². The Morgan fingerprint density at radius 3 is 2.58 bits per heavy atom. The highest BCUT2D eigenvalue weighted by Crippen LogP contribution is 2.32. The van der Waals surface area contributed by atoms with Crippen molar-refractivity contribution in [3.8, 4) is 11.1 Å². The van der Waals surface area contributed by atoms with Crippen molar-refractivity contribution in [2.45, 2.75) is 81.9 Å². The summed E-state index contributed by atoms with van der Waals surface area (Å²) in [5.74, 6) is -0.685. The third-order valence-electron chi connectivity index (χ3n) is 8.26. The number of carbonyl (C=O) groups excluding carboxylic acids is 1. The molecule has 0 radical (unpaired) electrons. The van der Waals surface area contributed by atoms with Gasteiger partial charge in [-0.3, -0.25) is 9.69 Å². The van der Waals surface area contributed by atoms with E-state index in [4.69, 9.17) is 4.74 Å². The second-order valence-electron chi connectivity index (χ2n) is 11.1. The summed E-state index contributed by atoms with van der Waals surface area (Å²) in [6, 6.07) is 13.6. The molecule has 6 nitrogen and oxygen atoms in total. The lowest BCUT2D eigenvalue weighted by atomic mass is 9.93. The number of aliphatic carboxylic acids is 1. The minimum Gasteiger partial charge on any atom is -0.480 e. The third-order valence-corrected chi connectivity index (χ3v) is 9.92. The summed E-state index contributed by atoms with van der Waals surface area (Å²) in [6.45, 7) is 4.64. The van der Waals surface area contributed by atoms with Gasteiger partial charge in [0.1, 0.15) is 6.04 Å². The van der Waals surface area contributed by atoms with Crippen LogP contribution in [0.3, 0.4) is 0 Å². The fourth-order valence-electron chi connectivity index (χ4n) is 5.90. The van der Waals surface area contributed by atoms with E-state index in [1.807, 2.05) is 61.3 Å². The van der Waals surface area contributed by atoms with E-state index in [0.717, 1.165) is 48.4 Å². The maximum absolute atomic E-state index is 13.4. The van der Waals surface area contributed by atoms with Crippen LogP contribution in [0.4, 0.5) is 0 Å². The molecule has 1 aliphatic heterocycles. The van der Waals surface area contributed by atoms with Gasteiger partial charge in [-0.05, 0) is 85.3 Å². The number of thioether (sulfide) groups is 2. The largest absolute Gasteiger partial charge is 0.480 e. The molecule has 2 aromatic carbocycles. The molecule has 2 N–H and O–H groups in total. The van der Waals surface area contributed by atoms with Gasteiger partial charge in [-0.15, -0.1) is 0 Å². The average Bonchev–Trinajstić information content (AvgIpc) is 3.36. The van der Waals surface area contributed by atoms with Crippen LogP contribution in [-0.4, -0.2) is 76.7 Å². The Hall–Kier alpha value is -2.00. The molecular weight excluding hydrogens is 540 g/mol. The van der Waals surface area contributed by atoms with Crippen molar-refractivity contribution in [3.63, 3.8) is 0 Å². The van der Waals surface area contributed by atoms with Gasteiger partial charge in [-0.2, -0.15) is 23.5 Å². The summed E-state index contributed by atoms with van der Waals surface area (Å²) >= 11 is 3.51. The van der Waals surface area contributed by atoms with Crippen LogP contribution in [0.2, 0.25) is 0 Å². The number of hydrogen-bond acceptors (Lipinski definition) is 6. The number of nitrogens with one attached hydrogen (secondary N) is 1. The zero-order valence-corrected chi connectivity index (χ0v) is 25.7. The molecule has 218 valence electrons. The molecule has 1 saturated carbocycles. The maximum atomic E-state index is 13.4.